The number of nitrogens with zero attached hydrogens (tertiary/aromatic N) is 2. The van der Waals surface area contributed by atoms with Crippen LogP contribution in [0.15, 0.2) is 127 Å². The molecule has 20 nitrogen and oxygen atoms in total. The molecule has 2 heterocycles. The Labute approximate surface area is 313 Å². The molecule has 56 heavy (non-hydrogen) atoms. The van der Waals surface area contributed by atoms with Gasteiger partial charge in [-0.2, -0.15) is 16.8 Å². The molecule has 2 aliphatic heterocycles. The first-order valence-corrected chi connectivity index (χ1v) is 18.2. The third-order valence-corrected chi connectivity index (χ3v) is 9.76. The van der Waals surface area contributed by atoms with Gasteiger partial charge in [-0.05, 0) is 59.7 Å². The van der Waals surface area contributed by atoms with Gasteiger partial charge in [0.25, 0.3) is 20.2 Å². The van der Waals surface area contributed by atoms with Crippen LogP contribution in [0.3, 0.4) is 0 Å². The lowest BCUT2D eigenvalue weighted by Gasteiger charge is -2.19. The lowest BCUT2D eigenvalue weighted by Crippen LogP contribution is -2.36. The second-order valence-electron chi connectivity index (χ2n) is 11.6. The number of aliphatic imine (C=N–C) groups is 2. The predicted octanol–water partition coefficient (Wildman–Crippen LogP) is 0.954. The highest BCUT2D eigenvalue weighted by Gasteiger charge is 2.33. The van der Waals surface area contributed by atoms with E-state index in [0.29, 0.717) is 0 Å². The molecule has 284 valence electrons. The molecule has 6 rings (SSSR count). The first-order valence-electron chi connectivity index (χ1n) is 15.4. The lowest BCUT2D eigenvalue weighted by atomic mass is 9.93. The van der Waals surface area contributed by atoms with Crippen molar-refractivity contribution in [1.29, 1.82) is 0 Å². The van der Waals surface area contributed by atoms with Crippen LogP contribution in [-0.2, 0) is 49.0 Å². The Morgan fingerprint density at radius 3 is 1.29 bits per heavy atom. The number of nitrogens with one attached hydrogen (secondary N) is 4. The van der Waals surface area contributed by atoms with Crippen LogP contribution in [0.5, 0.6) is 0 Å². The van der Waals surface area contributed by atoms with Crippen molar-refractivity contribution in [1.82, 2.24) is 10.9 Å². The van der Waals surface area contributed by atoms with Crippen LogP contribution in [0.4, 0.5) is 11.4 Å². The Balaban J connectivity index is 1.20. The normalized spacial score (nSPS) is 16.8. The number of anilines is 2. The Hall–Kier alpha value is -7.40. The van der Waals surface area contributed by atoms with Crippen molar-refractivity contribution >= 4 is 90.3 Å². The zero-order valence-corrected chi connectivity index (χ0v) is 29.3. The highest BCUT2D eigenvalue weighted by molar-refractivity contribution is 7.86. The summed E-state index contributed by atoms with van der Waals surface area (Å²) in [6, 6.07) is 6.93. The molecule has 0 bridgehead atoms. The van der Waals surface area contributed by atoms with Crippen molar-refractivity contribution < 1.29 is 64.9 Å². The first kappa shape index (κ1) is 38.3. The van der Waals surface area contributed by atoms with Crippen LogP contribution < -0.4 is 21.7 Å². The number of aliphatic carboxylic acids is 2. The SMILES string of the molecule is O=C(O)C1=CC(=O)C2=CC=C(NNc3ccc(C=Cc4ccc(NNC5=CC=C6C(=O)C=C(C(=O)O)N=C6C5=O)cc4S(=O)(=O)O)c(S(=O)(=O)O)c3)C(=O)C2=N1. The van der Waals surface area contributed by atoms with E-state index in [1.165, 1.54) is 48.6 Å². The number of Topliss-reactive ketones (excluding diaryl/α,β-unsaturated/α-hetero) is 2. The minimum atomic E-state index is -4.95. The van der Waals surface area contributed by atoms with Gasteiger partial charge in [0.1, 0.15) is 32.6 Å². The lowest BCUT2D eigenvalue weighted by molar-refractivity contribution is -0.133. The van der Waals surface area contributed by atoms with E-state index in [1.54, 1.807) is 0 Å². The van der Waals surface area contributed by atoms with E-state index < -0.39 is 87.9 Å². The Morgan fingerprint density at radius 1 is 0.571 bits per heavy atom. The second-order valence-corrected chi connectivity index (χ2v) is 14.4. The number of allylic oxidation sites excluding steroid dienone is 10. The molecule has 0 spiro atoms. The third-order valence-electron chi connectivity index (χ3n) is 7.94. The van der Waals surface area contributed by atoms with Gasteiger partial charge in [-0.1, -0.05) is 24.3 Å². The Kier molecular flexibility index (Phi) is 9.88. The molecule has 2 aromatic carbocycles. The Morgan fingerprint density at radius 2 is 0.946 bits per heavy atom. The van der Waals surface area contributed by atoms with Crippen molar-refractivity contribution in [2.24, 2.45) is 9.98 Å². The third kappa shape index (κ3) is 7.78. The zero-order valence-electron chi connectivity index (χ0n) is 27.7. The number of carboxylic acids is 2. The molecule has 0 saturated heterocycles. The van der Waals surface area contributed by atoms with Crippen LogP contribution in [0, 0.1) is 0 Å². The van der Waals surface area contributed by atoms with E-state index >= 15 is 0 Å². The van der Waals surface area contributed by atoms with E-state index in [0.717, 1.165) is 36.4 Å². The molecule has 8 N–H and O–H groups in total. The molecule has 4 aliphatic rings. The molecule has 22 heteroatoms. The molecular weight excluding hydrogens is 781 g/mol. The molecule has 0 aromatic heterocycles. The summed E-state index contributed by atoms with van der Waals surface area (Å²) in [5.41, 5.74) is 6.94. The molecule has 0 saturated carbocycles. The number of hydrogen-bond acceptors (Lipinski definition) is 16. The van der Waals surface area contributed by atoms with Gasteiger partial charge in [0.05, 0.1) is 22.5 Å². The molecular formula is C34H22N6O14S2. The van der Waals surface area contributed by atoms with Crippen molar-refractivity contribution in [2.75, 3.05) is 10.9 Å². The van der Waals surface area contributed by atoms with Crippen molar-refractivity contribution in [3.05, 3.63) is 118 Å². The van der Waals surface area contributed by atoms with Crippen molar-refractivity contribution in [3.8, 4) is 0 Å². The highest BCUT2D eigenvalue weighted by atomic mass is 32.2. The summed E-state index contributed by atoms with van der Waals surface area (Å²) >= 11 is 0. The van der Waals surface area contributed by atoms with Gasteiger partial charge >= 0.3 is 11.9 Å². The summed E-state index contributed by atoms with van der Waals surface area (Å²) in [5.74, 6) is -6.24. The number of hydrogen-bond donors (Lipinski definition) is 8. The maximum absolute atomic E-state index is 12.9. The number of carboxylic acid groups (broad SMARTS) is 2. The molecule has 0 atom stereocenters. The predicted molar refractivity (Wildman–Crippen MR) is 194 cm³/mol. The van der Waals surface area contributed by atoms with Gasteiger partial charge in [0, 0.05) is 12.2 Å². The standard InChI is InChI=1S/C34H22N6O14S2/c41-25-13-23(33(45)46)35-29-19(25)7-9-21(31(29)43)39-37-17-5-3-15(27(11-17)55(49,50)51)1-2-16-4-6-18(12-28(16)56(52,53)54)38-40-22-10-8-20-26(42)14-24(34(47)48)36-30(20)32(22)44/h1-14,37-40H,(H,45,46)(H,47,48)(H,49,50,51)(H,52,53,54). The molecule has 0 amide bonds. The monoisotopic (exact) mass is 802 g/mol. The molecule has 2 aliphatic carbocycles. The van der Waals surface area contributed by atoms with E-state index in [-0.39, 0.29) is 45.0 Å². The molecule has 2 aromatic rings. The van der Waals surface area contributed by atoms with Crippen LogP contribution in [0.2, 0.25) is 0 Å². The molecule has 0 fully saturated rings. The van der Waals surface area contributed by atoms with Gasteiger partial charge in [-0.25, -0.2) is 19.6 Å². The van der Waals surface area contributed by atoms with E-state index in [4.69, 9.17) is 0 Å². The number of carbonyl (C=O) groups is 6. The average Bonchev–Trinajstić information content (AvgIpc) is 3.13. The van der Waals surface area contributed by atoms with Crippen LogP contribution in [-0.4, -0.2) is 82.6 Å². The number of ketones is 4. The van der Waals surface area contributed by atoms with Gasteiger partial charge in [-0.15, -0.1) is 0 Å². The van der Waals surface area contributed by atoms with Gasteiger partial charge < -0.3 is 21.1 Å². The van der Waals surface area contributed by atoms with Crippen LogP contribution in [0.1, 0.15) is 11.1 Å². The topological polar surface area (TPSA) is 324 Å². The minimum Gasteiger partial charge on any atom is -0.477 e. The van der Waals surface area contributed by atoms with Crippen molar-refractivity contribution in [2.45, 2.75) is 9.79 Å². The summed E-state index contributed by atoms with van der Waals surface area (Å²) in [7, 11) is -9.89. The number of fused-ring (bicyclic) bond motifs is 2. The smallest absolute Gasteiger partial charge is 0.354 e. The molecule has 0 radical (unpaired) electrons. The van der Waals surface area contributed by atoms with Gasteiger partial charge in [-0.3, -0.25) is 39.1 Å². The summed E-state index contributed by atoms with van der Waals surface area (Å²) in [6.07, 6.45) is 8.63. The fourth-order valence-electron chi connectivity index (χ4n) is 5.29. The van der Waals surface area contributed by atoms with E-state index in [2.05, 4.69) is 31.7 Å². The number of carbonyl (C=O) groups excluding carboxylic acids is 4. The first-order chi connectivity index (χ1) is 26.3. The van der Waals surface area contributed by atoms with Gasteiger partial charge in [0.2, 0.25) is 11.6 Å². The summed E-state index contributed by atoms with van der Waals surface area (Å²) in [5, 5.41) is 18.4. The second kappa shape index (κ2) is 14.4. The number of rotatable bonds is 12. The Bertz CT molecular complexity index is 2580. The fraction of sp³-hybridized carbons (Fsp3) is 0. The zero-order chi connectivity index (χ0) is 40.7. The van der Waals surface area contributed by atoms with Crippen molar-refractivity contribution in [3.63, 3.8) is 0 Å². The van der Waals surface area contributed by atoms with E-state index in [1.807, 2.05) is 0 Å². The molecule has 0 unspecified atom stereocenters. The van der Waals surface area contributed by atoms with Crippen LogP contribution in [0.25, 0.3) is 12.2 Å². The maximum Gasteiger partial charge on any atom is 0.354 e. The number of hydrazine groups is 2. The summed E-state index contributed by atoms with van der Waals surface area (Å²) < 4.78 is 69.3. The fourth-order valence-corrected chi connectivity index (χ4v) is 6.71. The summed E-state index contributed by atoms with van der Waals surface area (Å²) in [4.78, 5) is 79.1. The minimum absolute atomic E-state index is 0.0215. The largest absolute Gasteiger partial charge is 0.477 e. The van der Waals surface area contributed by atoms with Gasteiger partial charge in [0.15, 0.2) is 23.0 Å². The number of benzene rings is 2. The summed E-state index contributed by atoms with van der Waals surface area (Å²) in [6.45, 7) is 0. The average molecular weight is 803 g/mol. The highest BCUT2D eigenvalue weighted by Crippen LogP contribution is 2.27. The quantitative estimate of drug-likeness (QED) is 0.0641. The van der Waals surface area contributed by atoms with E-state index in [9.17, 15) is 64.9 Å². The maximum atomic E-state index is 12.9. The van der Waals surface area contributed by atoms with Crippen LogP contribution >= 0.6 is 0 Å².